The number of hydrogen-bond acceptors (Lipinski definition) is 7. The number of rotatable bonds is 6. The lowest BCUT2D eigenvalue weighted by Gasteiger charge is -2.22. The molecule has 1 aromatic heterocycles. The van der Waals surface area contributed by atoms with Gasteiger partial charge in [0.2, 0.25) is 5.82 Å². The van der Waals surface area contributed by atoms with Gasteiger partial charge in [-0.05, 0) is 20.1 Å². The molecular weight excluding hydrogens is 266 g/mol. The lowest BCUT2D eigenvalue weighted by Crippen LogP contribution is -2.31. The number of esters is 1. The fourth-order valence-electron chi connectivity index (χ4n) is 1.59. The topological polar surface area (TPSA) is 84.3 Å². The molecule has 106 valence electrons. The van der Waals surface area contributed by atoms with E-state index in [2.05, 4.69) is 20.0 Å². The van der Waals surface area contributed by atoms with Gasteiger partial charge in [0.25, 0.3) is 0 Å². The van der Waals surface area contributed by atoms with E-state index in [0.29, 0.717) is 11.5 Å². The van der Waals surface area contributed by atoms with E-state index in [1.165, 1.54) is 7.11 Å². The van der Waals surface area contributed by atoms with E-state index in [0.717, 1.165) is 0 Å². The second kappa shape index (κ2) is 7.30. The summed E-state index contributed by atoms with van der Waals surface area (Å²) in [7, 11) is 1.29. The van der Waals surface area contributed by atoms with E-state index in [9.17, 15) is 9.90 Å². The number of ether oxygens (including phenoxy) is 1. The fraction of sp³-hybridized carbons (Fsp3) is 0.583. The zero-order valence-corrected chi connectivity index (χ0v) is 12.3. The molecule has 0 saturated heterocycles. The first-order valence-electron chi connectivity index (χ1n) is 5.86. The van der Waals surface area contributed by atoms with E-state index >= 15 is 0 Å². The van der Waals surface area contributed by atoms with Crippen LogP contribution in [-0.2, 0) is 4.74 Å². The highest BCUT2D eigenvalue weighted by Crippen LogP contribution is 2.15. The Bertz CT molecular complexity index is 438. The van der Waals surface area contributed by atoms with Gasteiger partial charge < -0.3 is 15.2 Å². The Hall–Kier alpha value is -1.34. The van der Waals surface area contributed by atoms with E-state index in [4.69, 9.17) is 0 Å². The number of aliphatic hydroxyl groups excluding tert-OH is 1. The number of carbonyl (C=O) groups is 1. The molecule has 1 aromatic rings. The number of methoxy groups -OCH3 is 1. The van der Waals surface area contributed by atoms with Gasteiger partial charge in [-0.15, -0.1) is 0 Å². The van der Waals surface area contributed by atoms with Crippen LogP contribution in [0.15, 0.2) is 6.07 Å². The van der Waals surface area contributed by atoms with Crippen molar-refractivity contribution in [3.8, 4) is 0 Å². The Kier molecular flexibility index (Phi) is 6.04. The maximum atomic E-state index is 11.4. The summed E-state index contributed by atoms with van der Waals surface area (Å²) in [6.07, 6.45) is 1.93. The smallest absolute Gasteiger partial charge is 0.376 e. The Morgan fingerprint density at radius 3 is 2.79 bits per heavy atom. The number of hydrogen-bond donors (Lipinski definition) is 2. The van der Waals surface area contributed by atoms with Gasteiger partial charge in [0.15, 0.2) is 0 Å². The molecule has 0 fully saturated rings. The Balaban J connectivity index is 2.89. The van der Waals surface area contributed by atoms with Gasteiger partial charge in [-0.2, -0.15) is 11.8 Å². The van der Waals surface area contributed by atoms with E-state index in [1.807, 2.05) is 13.2 Å². The molecule has 1 rings (SSSR count). The van der Waals surface area contributed by atoms with Crippen LogP contribution in [-0.4, -0.2) is 52.3 Å². The first-order chi connectivity index (χ1) is 9.01. The molecule has 1 heterocycles. The Morgan fingerprint density at radius 1 is 1.58 bits per heavy atom. The molecule has 6 nitrogen and oxygen atoms in total. The highest BCUT2D eigenvalue weighted by molar-refractivity contribution is 7.99. The van der Waals surface area contributed by atoms with Crippen LogP contribution in [0.3, 0.4) is 0 Å². The van der Waals surface area contributed by atoms with Crippen molar-refractivity contribution in [1.29, 1.82) is 0 Å². The molecule has 2 atom stereocenters. The number of nitrogens with zero attached hydrogens (tertiary/aromatic N) is 2. The normalized spacial score (nSPS) is 13.7. The largest absolute Gasteiger partial charge is 0.463 e. The second-order valence-electron chi connectivity index (χ2n) is 4.10. The van der Waals surface area contributed by atoms with Crippen LogP contribution in [0.25, 0.3) is 0 Å². The third-order valence-electron chi connectivity index (χ3n) is 2.64. The average molecular weight is 285 g/mol. The van der Waals surface area contributed by atoms with Crippen molar-refractivity contribution in [3.05, 3.63) is 17.6 Å². The maximum absolute atomic E-state index is 11.4. The molecule has 0 radical (unpaired) electrons. The van der Waals surface area contributed by atoms with Crippen molar-refractivity contribution in [2.24, 2.45) is 0 Å². The molecule has 0 aliphatic rings. The quantitative estimate of drug-likeness (QED) is 0.757. The zero-order valence-electron chi connectivity index (χ0n) is 11.5. The van der Waals surface area contributed by atoms with Crippen molar-refractivity contribution in [3.63, 3.8) is 0 Å². The predicted octanol–water partition coefficient (Wildman–Crippen LogP) is 1.10. The van der Waals surface area contributed by atoms with E-state index in [1.54, 1.807) is 24.8 Å². The summed E-state index contributed by atoms with van der Waals surface area (Å²) >= 11 is 1.57. The SMILES string of the molecule is COC(=O)c1nc(C)cc(NC(C)C(CO)SC)n1. The van der Waals surface area contributed by atoms with Gasteiger partial charge in [-0.3, -0.25) is 0 Å². The maximum Gasteiger partial charge on any atom is 0.376 e. The Morgan fingerprint density at radius 2 is 2.26 bits per heavy atom. The molecule has 2 unspecified atom stereocenters. The summed E-state index contributed by atoms with van der Waals surface area (Å²) in [6.45, 7) is 3.80. The third kappa shape index (κ3) is 4.36. The zero-order chi connectivity index (χ0) is 14.4. The molecule has 0 amide bonds. The predicted molar refractivity (Wildman–Crippen MR) is 75.6 cm³/mol. The van der Waals surface area contributed by atoms with Crippen LogP contribution < -0.4 is 5.32 Å². The minimum atomic E-state index is -0.567. The molecule has 0 aliphatic heterocycles. The van der Waals surface area contributed by atoms with Crippen LogP contribution in [0.4, 0.5) is 5.82 Å². The summed E-state index contributed by atoms with van der Waals surface area (Å²) < 4.78 is 4.61. The van der Waals surface area contributed by atoms with Gasteiger partial charge in [0.05, 0.1) is 13.7 Å². The lowest BCUT2D eigenvalue weighted by molar-refractivity contribution is 0.0586. The van der Waals surface area contributed by atoms with Crippen LogP contribution in [0.2, 0.25) is 0 Å². The van der Waals surface area contributed by atoms with Crippen molar-refractivity contribution in [1.82, 2.24) is 9.97 Å². The first kappa shape index (κ1) is 15.7. The third-order valence-corrected chi connectivity index (χ3v) is 3.80. The van der Waals surface area contributed by atoms with Gasteiger partial charge in [-0.1, -0.05) is 0 Å². The molecule has 7 heteroatoms. The second-order valence-corrected chi connectivity index (χ2v) is 5.18. The van der Waals surface area contributed by atoms with Crippen molar-refractivity contribution in [2.45, 2.75) is 25.1 Å². The lowest BCUT2D eigenvalue weighted by atomic mass is 10.2. The number of nitrogens with one attached hydrogen (secondary N) is 1. The van der Waals surface area contributed by atoms with Crippen LogP contribution in [0, 0.1) is 6.92 Å². The minimum Gasteiger partial charge on any atom is -0.463 e. The minimum absolute atomic E-state index is 0.0137. The van der Waals surface area contributed by atoms with Gasteiger partial charge in [-0.25, -0.2) is 14.8 Å². The number of carbonyl (C=O) groups excluding carboxylic acids is 1. The van der Waals surface area contributed by atoms with Crippen molar-refractivity contribution < 1.29 is 14.6 Å². The highest BCUT2D eigenvalue weighted by atomic mass is 32.2. The first-order valence-corrected chi connectivity index (χ1v) is 7.14. The van der Waals surface area contributed by atoms with Crippen molar-refractivity contribution in [2.75, 3.05) is 25.3 Å². The monoisotopic (exact) mass is 285 g/mol. The van der Waals surface area contributed by atoms with Gasteiger partial charge in [0, 0.05) is 23.1 Å². The number of aryl methyl sites for hydroxylation is 1. The highest BCUT2D eigenvalue weighted by Gasteiger charge is 2.17. The Labute approximate surface area is 117 Å². The standard InChI is InChI=1S/C12H19N3O3S/c1-7-5-10(14-8(2)9(6-16)19-4)15-11(13-7)12(17)18-3/h5,8-9,16H,6H2,1-4H3,(H,13,14,15). The average Bonchev–Trinajstić information content (AvgIpc) is 2.38. The van der Waals surface area contributed by atoms with Crippen LogP contribution in [0.5, 0.6) is 0 Å². The molecule has 0 aromatic carbocycles. The fourth-order valence-corrected chi connectivity index (χ4v) is 2.21. The summed E-state index contributed by atoms with van der Waals surface area (Å²) in [4.78, 5) is 19.6. The summed E-state index contributed by atoms with van der Waals surface area (Å²) in [6, 6.07) is 1.76. The van der Waals surface area contributed by atoms with Crippen molar-refractivity contribution >= 4 is 23.5 Å². The number of thioether (sulfide) groups is 1. The molecule has 0 spiro atoms. The van der Waals surface area contributed by atoms with Crippen LogP contribution >= 0.6 is 11.8 Å². The number of aliphatic hydroxyl groups is 1. The molecular formula is C12H19N3O3S. The van der Waals surface area contributed by atoms with E-state index < -0.39 is 5.97 Å². The summed E-state index contributed by atoms with van der Waals surface area (Å²) in [5.41, 5.74) is 0.676. The molecule has 19 heavy (non-hydrogen) atoms. The molecule has 2 N–H and O–H groups in total. The summed E-state index contributed by atoms with van der Waals surface area (Å²) in [5, 5.41) is 12.5. The van der Waals surface area contributed by atoms with Gasteiger partial charge >= 0.3 is 5.97 Å². The van der Waals surface area contributed by atoms with E-state index in [-0.39, 0.29) is 23.7 Å². The number of anilines is 1. The van der Waals surface area contributed by atoms with Crippen LogP contribution in [0.1, 0.15) is 23.2 Å². The summed E-state index contributed by atoms with van der Waals surface area (Å²) in [5.74, 6) is 0.0118. The molecule has 0 saturated carbocycles. The molecule has 0 aliphatic carbocycles. The molecule has 0 bridgehead atoms. The number of aromatic nitrogens is 2. The van der Waals surface area contributed by atoms with Gasteiger partial charge in [0.1, 0.15) is 5.82 Å².